The fraction of sp³-hybridized carbons (Fsp3) is 0.182. The van der Waals surface area contributed by atoms with Gasteiger partial charge in [-0.15, -0.1) is 11.8 Å². The van der Waals surface area contributed by atoms with Crippen molar-refractivity contribution in [2.75, 3.05) is 12.9 Å². The molecule has 0 atom stereocenters. The van der Waals surface area contributed by atoms with Gasteiger partial charge in [0.2, 0.25) is 5.91 Å². The van der Waals surface area contributed by atoms with Gasteiger partial charge in [-0.1, -0.05) is 30.3 Å². The summed E-state index contributed by atoms with van der Waals surface area (Å²) in [5, 5.41) is 2.78. The van der Waals surface area contributed by atoms with E-state index in [-0.39, 0.29) is 18.3 Å². The van der Waals surface area contributed by atoms with Gasteiger partial charge in [-0.25, -0.2) is 4.79 Å². The van der Waals surface area contributed by atoms with Crippen LogP contribution in [0.4, 0.5) is 0 Å². The van der Waals surface area contributed by atoms with Crippen molar-refractivity contribution >= 4 is 23.6 Å². The van der Waals surface area contributed by atoms with Crippen LogP contribution in [0.1, 0.15) is 21.7 Å². The van der Waals surface area contributed by atoms with Crippen molar-refractivity contribution in [3.05, 3.63) is 83.8 Å². The molecule has 0 aliphatic carbocycles. The number of hydrogen-bond acceptors (Lipinski definition) is 6. The first-order valence-corrected chi connectivity index (χ1v) is 9.96. The van der Waals surface area contributed by atoms with Crippen molar-refractivity contribution in [2.45, 2.75) is 18.0 Å². The van der Waals surface area contributed by atoms with Crippen molar-refractivity contribution in [1.29, 1.82) is 0 Å². The van der Waals surface area contributed by atoms with Gasteiger partial charge >= 0.3 is 5.97 Å². The predicted molar refractivity (Wildman–Crippen MR) is 110 cm³/mol. The van der Waals surface area contributed by atoms with Gasteiger partial charge in [0.05, 0.1) is 31.2 Å². The maximum absolute atomic E-state index is 12.6. The number of carbonyl (C=O) groups is 2. The van der Waals surface area contributed by atoms with Gasteiger partial charge in [0.15, 0.2) is 0 Å². The molecule has 1 heterocycles. The van der Waals surface area contributed by atoms with Crippen LogP contribution in [0.5, 0.6) is 5.75 Å². The van der Waals surface area contributed by atoms with E-state index in [4.69, 9.17) is 13.9 Å². The van der Waals surface area contributed by atoms with E-state index in [1.54, 1.807) is 43.7 Å². The molecule has 0 radical (unpaired) electrons. The van der Waals surface area contributed by atoms with Crippen LogP contribution in [0.2, 0.25) is 0 Å². The summed E-state index contributed by atoms with van der Waals surface area (Å²) < 4.78 is 15.9. The van der Waals surface area contributed by atoms with Crippen molar-refractivity contribution in [3.63, 3.8) is 0 Å². The highest BCUT2D eigenvalue weighted by Crippen LogP contribution is 2.24. The summed E-state index contributed by atoms with van der Waals surface area (Å²) in [5.41, 5.74) is 1.21. The summed E-state index contributed by atoms with van der Waals surface area (Å²) in [6.45, 7) is 0.431. The summed E-state index contributed by atoms with van der Waals surface area (Å²) in [4.78, 5) is 25.3. The summed E-state index contributed by atoms with van der Waals surface area (Å²) in [5.74, 6) is 0.927. The van der Waals surface area contributed by atoms with E-state index in [2.05, 4.69) is 5.32 Å². The molecule has 1 aromatic heterocycles. The van der Waals surface area contributed by atoms with Gasteiger partial charge in [-0.05, 0) is 30.3 Å². The third-order valence-corrected chi connectivity index (χ3v) is 5.13. The Balaban J connectivity index is 1.56. The summed E-state index contributed by atoms with van der Waals surface area (Å²) in [6.07, 6.45) is 1.56. The van der Waals surface area contributed by atoms with Crippen LogP contribution in [0.15, 0.2) is 76.2 Å². The lowest BCUT2D eigenvalue weighted by atomic mass is 10.2. The molecule has 3 rings (SSSR count). The highest BCUT2D eigenvalue weighted by molar-refractivity contribution is 8.00. The zero-order valence-electron chi connectivity index (χ0n) is 15.9. The molecular formula is C22H21NO5S. The number of para-hydroxylation sites is 1. The molecule has 0 saturated heterocycles. The van der Waals surface area contributed by atoms with Gasteiger partial charge in [-0.2, -0.15) is 0 Å². The Morgan fingerprint density at radius 2 is 1.83 bits per heavy atom. The fourth-order valence-electron chi connectivity index (χ4n) is 2.60. The summed E-state index contributed by atoms with van der Waals surface area (Å²) in [6, 6.07) is 18.0. The topological polar surface area (TPSA) is 77.8 Å². The first-order valence-electron chi connectivity index (χ1n) is 8.97. The minimum absolute atomic E-state index is 0.103. The Kier molecular flexibility index (Phi) is 7.35. The largest absolute Gasteiger partial charge is 0.496 e. The number of benzene rings is 2. The Hall–Kier alpha value is -3.19. The molecule has 1 N–H and O–H groups in total. The second-order valence-corrected chi connectivity index (χ2v) is 7.05. The minimum atomic E-state index is -0.449. The van der Waals surface area contributed by atoms with Crippen LogP contribution in [0.3, 0.4) is 0 Å². The monoisotopic (exact) mass is 411 g/mol. The molecule has 0 fully saturated rings. The normalized spacial score (nSPS) is 10.4. The second-order valence-electron chi connectivity index (χ2n) is 6.03. The third-order valence-electron chi connectivity index (χ3n) is 4.06. The summed E-state index contributed by atoms with van der Waals surface area (Å²) >= 11 is 1.28. The second kappa shape index (κ2) is 10.4. The number of esters is 1. The molecular weight excluding hydrogens is 390 g/mol. The Morgan fingerprint density at radius 1 is 1.03 bits per heavy atom. The number of furan rings is 1. The Morgan fingerprint density at radius 3 is 2.62 bits per heavy atom. The van der Waals surface area contributed by atoms with Crippen molar-refractivity contribution in [2.24, 2.45) is 0 Å². The van der Waals surface area contributed by atoms with Gasteiger partial charge in [0, 0.05) is 10.5 Å². The van der Waals surface area contributed by atoms with E-state index in [1.165, 1.54) is 11.8 Å². The zero-order chi connectivity index (χ0) is 20.5. The average molecular weight is 411 g/mol. The van der Waals surface area contributed by atoms with E-state index < -0.39 is 5.97 Å². The molecule has 6 nitrogen and oxygen atoms in total. The highest BCUT2D eigenvalue weighted by Gasteiger charge is 2.15. The van der Waals surface area contributed by atoms with Gasteiger partial charge in [0.1, 0.15) is 18.1 Å². The van der Waals surface area contributed by atoms with Crippen LogP contribution in [0, 0.1) is 0 Å². The van der Waals surface area contributed by atoms with Gasteiger partial charge in [0.25, 0.3) is 0 Å². The highest BCUT2D eigenvalue weighted by atomic mass is 32.2. The van der Waals surface area contributed by atoms with Crippen molar-refractivity contribution in [1.82, 2.24) is 5.32 Å². The molecule has 0 aliphatic rings. The predicted octanol–water partition coefficient (Wildman–Crippen LogP) is 4.05. The molecule has 0 bridgehead atoms. The molecule has 1 amide bonds. The molecule has 7 heteroatoms. The standard InChI is InChI=1S/C22H21NO5S/c1-26-19-10-4-2-7-16(19)14-28-22(25)18-9-3-5-11-20(18)29-15-21(24)23-13-17-8-6-12-27-17/h2-12H,13-15H2,1H3,(H,23,24). The van der Waals surface area contributed by atoms with Crippen LogP contribution in [-0.4, -0.2) is 24.7 Å². The Bertz CT molecular complexity index is 955. The van der Waals surface area contributed by atoms with Crippen molar-refractivity contribution < 1.29 is 23.5 Å². The molecule has 29 heavy (non-hydrogen) atoms. The van der Waals surface area contributed by atoms with Crippen LogP contribution in [0.25, 0.3) is 0 Å². The molecule has 150 valence electrons. The molecule has 0 spiro atoms. The van der Waals surface area contributed by atoms with Crippen LogP contribution < -0.4 is 10.1 Å². The molecule has 0 unspecified atom stereocenters. The molecule has 2 aromatic carbocycles. The van der Waals surface area contributed by atoms with E-state index in [0.717, 1.165) is 5.56 Å². The van der Waals surface area contributed by atoms with Crippen molar-refractivity contribution in [3.8, 4) is 5.75 Å². The number of carbonyl (C=O) groups excluding carboxylic acids is 2. The smallest absolute Gasteiger partial charge is 0.339 e. The summed E-state index contributed by atoms with van der Waals surface area (Å²) in [7, 11) is 1.57. The Labute approximate surface area is 173 Å². The number of thioether (sulfide) groups is 1. The zero-order valence-corrected chi connectivity index (χ0v) is 16.7. The average Bonchev–Trinajstić information content (AvgIpc) is 3.28. The van der Waals surface area contributed by atoms with Crippen LogP contribution >= 0.6 is 11.8 Å². The van der Waals surface area contributed by atoms with E-state index in [0.29, 0.717) is 28.5 Å². The minimum Gasteiger partial charge on any atom is -0.496 e. The third kappa shape index (κ3) is 5.89. The first kappa shape index (κ1) is 20.5. The number of ether oxygens (including phenoxy) is 2. The lowest BCUT2D eigenvalue weighted by Gasteiger charge is -2.11. The molecule has 0 aliphatic heterocycles. The van der Waals surface area contributed by atoms with Gasteiger partial charge in [-0.3, -0.25) is 4.79 Å². The maximum atomic E-state index is 12.6. The number of amides is 1. The maximum Gasteiger partial charge on any atom is 0.339 e. The number of hydrogen-bond donors (Lipinski definition) is 1. The fourth-order valence-corrected chi connectivity index (χ4v) is 3.47. The number of nitrogens with one attached hydrogen (secondary N) is 1. The molecule has 0 saturated carbocycles. The number of rotatable bonds is 9. The van der Waals surface area contributed by atoms with Gasteiger partial charge < -0.3 is 19.2 Å². The molecule has 3 aromatic rings. The first-order chi connectivity index (χ1) is 14.2. The van der Waals surface area contributed by atoms with E-state index >= 15 is 0 Å². The quantitative estimate of drug-likeness (QED) is 0.423. The SMILES string of the molecule is COc1ccccc1COC(=O)c1ccccc1SCC(=O)NCc1ccco1. The lowest BCUT2D eigenvalue weighted by molar-refractivity contribution is -0.118. The number of methoxy groups -OCH3 is 1. The van der Waals surface area contributed by atoms with E-state index in [9.17, 15) is 9.59 Å². The van der Waals surface area contributed by atoms with Crippen LogP contribution in [-0.2, 0) is 22.7 Å². The van der Waals surface area contributed by atoms with E-state index in [1.807, 2.05) is 30.3 Å². The lowest BCUT2D eigenvalue weighted by Crippen LogP contribution is -2.24.